The van der Waals surface area contributed by atoms with Crippen molar-refractivity contribution in [2.45, 2.75) is 43.3 Å². The second-order valence-corrected chi connectivity index (χ2v) is 16.9. The van der Waals surface area contributed by atoms with Crippen LogP contribution in [0.2, 0.25) is 0 Å². The van der Waals surface area contributed by atoms with Crippen molar-refractivity contribution >= 4 is 55.5 Å². The van der Waals surface area contributed by atoms with E-state index in [0.717, 1.165) is 74.6 Å². The second-order valence-electron chi connectivity index (χ2n) is 15.4. The average Bonchev–Trinajstić information content (AvgIpc) is 3.83. The van der Waals surface area contributed by atoms with Gasteiger partial charge >= 0.3 is 0 Å². The summed E-state index contributed by atoms with van der Waals surface area (Å²) < 4.78 is 8.50. The zero-order valence-corrected chi connectivity index (χ0v) is 33.7. The largest absolute Gasteiger partial charge is 0.456 e. The Bertz CT molecular complexity index is 3290. The molecule has 3 heterocycles. The van der Waals surface area contributed by atoms with Crippen molar-refractivity contribution < 1.29 is 4.42 Å². The first-order valence-electron chi connectivity index (χ1n) is 20.1. The Morgan fingerprint density at radius 2 is 1.44 bits per heavy atom. The third-order valence-electron chi connectivity index (χ3n) is 11.7. The van der Waals surface area contributed by atoms with Gasteiger partial charge in [0.1, 0.15) is 11.2 Å². The van der Waals surface area contributed by atoms with Crippen molar-refractivity contribution in [3.8, 4) is 40.1 Å². The van der Waals surface area contributed by atoms with E-state index in [-0.39, 0.29) is 0 Å². The van der Waals surface area contributed by atoms with Gasteiger partial charge in [-0.25, -0.2) is 0 Å². The molecule has 0 spiro atoms. The van der Waals surface area contributed by atoms with Gasteiger partial charge in [0.2, 0.25) is 0 Å². The van der Waals surface area contributed by atoms with Crippen LogP contribution in [0.4, 0.5) is 0 Å². The second kappa shape index (κ2) is 15.0. The molecule has 1 aliphatic rings. The highest BCUT2D eigenvalue weighted by atomic mass is 32.2. The van der Waals surface area contributed by atoms with E-state index in [9.17, 15) is 10.5 Å². The number of hydrogen-bond donors (Lipinski definition) is 0. The molecular weight excluding hydrogens is 739 g/mol. The Labute approximate surface area is 348 Å². The van der Waals surface area contributed by atoms with Gasteiger partial charge in [-0.1, -0.05) is 97.1 Å². The Morgan fingerprint density at radius 1 is 0.678 bits per heavy atom. The van der Waals surface area contributed by atoms with Gasteiger partial charge in [0.15, 0.2) is 0 Å². The van der Waals surface area contributed by atoms with E-state index in [1.807, 2.05) is 48.2 Å². The third kappa shape index (κ3) is 6.61. The minimum atomic E-state index is 0.351. The molecule has 0 saturated carbocycles. The predicted molar refractivity (Wildman–Crippen MR) is 244 cm³/mol. The van der Waals surface area contributed by atoms with Gasteiger partial charge < -0.3 is 8.98 Å². The maximum absolute atomic E-state index is 10.4. The minimum Gasteiger partial charge on any atom is -0.456 e. The van der Waals surface area contributed by atoms with E-state index in [0.29, 0.717) is 16.4 Å². The summed E-state index contributed by atoms with van der Waals surface area (Å²) in [5.41, 5.74) is 15.1. The van der Waals surface area contributed by atoms with Crippen LogP contribution in [0, 0.1) is 29.6 Å². The zero-order chi connectivity index (χ0) is 40.0. The van der Waals surface area contributed by atoms with Crippen LogP contribution in [0.1, 0.15) is 40.3 Å². The van der Waals surface area contributed by atoms with Crippen molar-refractivity contribution in [2.24, 2.45) is 0 Å². The van der Waals surface area contributed by atoms with Crippen LogP contribution >= 0.6 is 11.8 Å². The number of rotatable bonds is 6. The Morgan fingerprint density at radius 3 is 2.31 bits per heavy atom. The quantitative estimate of drug-likeness (QED) is 0.169. The highest BCUT2D eigenvalue weighted by Gasteiger charge is 2.19. The Kier molecular flexibility index (Phi) is 9.25. The van der Waals surface area contributed by atoms with Crippen LogP contribution in [0.25, 0.3) is 71.7 Å². The van der Waals surface area contributed by atoms with E-state index in [2.05, 4.69) is 152 Å². The van der Waals surface area contributed by atoms with Crippen LogP contribution in [0.15, 0.2) is 167 Å². The van der Waals surface area contributed by atoms with Crippen LogP contribution in [-0.4, -0.2) is 9.82 Å². The average molecular weight is 778 g/mol. The number of furan rings is 1. The number of fused-ring (bicyclic) bond motifs is 7. The van der Waals surface area contributed by atoms with E-state index in [1.165, 1.54) is 43.5 Å². The molecule has 9 aromatic rings. The molecule has 0 bridgehead atoms. The summed E-state index contributed by atoms with van der Waals surface area (Å²) in [6.45, 7) is 4.43. The van der Waals surface area contributed by atoms with Gasteiger partial charge in [0.25, 0.3) is 0 Å². The maximum atomic E-state index is 10.4. The molecule has 10 rings (SSSR count). The molecule has 5 heteroatoms. The van der Waals surface area contributed by atoms with Crippen LogP contribution < -0.4 is 0 Å². The molecule has 0 fully saturated rings. The first kappa shape index (κ1) is 36.3. The predicted octanol–water partition coefficient (Wildman–Crippen LogP) is 14.0. The van der Waals surface area contributed by atoms with Crippen molar-refractivity contribution in [1.29, 1.82) is 10.5 Å². The van der Waals surface area contributed by atoms with Crippen molar-refractivity contribution in [2.75, 3.05) is 0 Å². The van der Waals surface area contributed by atoms with Gasteiger partial charge in [-0.15, -0.1) is 11.8 Å². The zero-order valence-electron chi connectivity index (χ0n) is 32.9. The number of aromatic nitrogens is 1. The lowest BCUT2D eigenvalue weighted by Gasteiger charge is -2.15. The molecule has 0 saturated heterocycles. The summed E-state index contributed by atoms with van der Waals surface area (Å²) in [6, 6.07) is 51.5. The number of para-hydroxylation sites is 2. The summed E-state index contributed by atoms with van der Waals surface area (Å²) >= 11 is 1.89. The number of thioether (sulfide) groups is 1. The van der Waals surface area contributed by atoms with Crippen molar-refractivity contribution in [1.82, 2.24) is 4.57 Å². The smallest absolute Gasteiger partial charge is 0.135 e. The summed E-state index contributed by atoms with van der Waals surface area (Å²) in [5.74, 6) is 0. The topological polar surface area (TPSA) is 65.7 Å². The molecule has 0 radical (unpaired) electrons. The summed E-state index contributed by atoms with van der Waals surface area (Å²) in [7, 11) is 0. The molecule has 59 heavy (non-hydrogen) atoms. The van der Waals surface area contributed by atoms with Crippen molar-refractivity contribution in [3.05, 3.63) is 191 Å². The van der Waals surface area contributed by atoms with Crippen LogP contribution in [0.5, 0.6) is 0 Å². The SMILES string of the molecule is Cc1c(-c2ccccc2CCc2cc(C#N)cc(-c3cc(C#N)cc(-n4c5ccccc5c5cc6c(cc54)C/C=C\C=C/C(C)S6)c3)c2)ccc2oc3ccccc3c12. The fraction of sp³-hybridized carbons (Fsp3) is 0.111. The van der Waals surface area contributed by atoms with Crippen LogP contribution in [-0.2, 0) is 19.3 Å². The van der Waals surface area contributed by atoms with Gasteiger partial charge in [-0.2, -0.15) is 10.5 Å². The molecule has 0 N–H and O–H groups in total. The van der Waals surface area contributed by atoms with E-state index < -0.39 is 0 Å². The number of allylic oxidation sites excluding steroid dienone is 3. The molecule has 282 valence electrons. The lowest BCUT2D eigenvalue weighted by atomic mass is 9.90. The first-order valence-corrected chi connectivity index (χ1v) is 21.0. The minimum absolute atomic E-state index is 0.351. The number of nitrogens with zero attached hydrogens (tertiary/aromatic N) is 3. The van der Waals surface area contributed by atoms with Crippen molar-refractivity contribution in [3.63, 3.8) is 0 Å². The monoisotopic (exact) mass is 777 g/mol. The molecule has 4 nitrogen and oxygen atoms in total. The van der Waals surface area contributed by atoms with E-state index >= 15 is 0 Å². The van der Waals surface area contributed by atoms with Crippen LogP contribution in [0.3, 0.4) is 0 Å². The Hall–Kier alpha value is -7.05. The van der Waals surface area contributed by atoms with E-state index in [4.69, 9.17) is 4.42 Å². The molecule has 0 aliphatic carbocycles. The molecule has 1 atom stereocenters. The van der Waals surface area contributed by atoms with Gasteiger partial charge in [0, 0.05) is 37.4 Å². The molecule has 1 aliphatic heterocycles. The summed E-state index contributed by atoms with van der Waals surface area (Å²) in [5, 5.41) is 25.7. The highest BCUT2D eigenvalue weighted by Crippen LogP contribution is 2.41. The molecule has 7 aromatic carbocycles. The number of benzene rings is 7. The van der Waals surface area contributed by atoms with E-state index in [1.54, 1.807) is 0 Å². The first-order chi connectivity index (χ1) is 28.9. The summed E-state index contributed by atoms with van der Waals surface area (Å²) in [4.78, 5) is 1.29. The summed E-state index contributed by atoms with van der Waals surface area (Å²) in [6.07, 6.45) is 11.1. The number of aryl methyl sites for hydroxylation is 3. The number of hydrogen-bond acceptors (Lipinski definition) is 4. The highest BCUT2D eigenvalue weighted by molar-refractivity contribution is 8.00. The maximum Gasteiger partial charge on any atom is 0.135 e. The normalized spacial score (nSPS) is 15.0. The lowest BCUT2D eigenvalue weighted by Crippen LogP contribution is -1.99. The lowest BCUT2D eigenvalue weighted by molar-refractivity contribution is 0.669. The molecule has 0 amide bonds. The third-order valence-corrected chi connectivity index (χ3v) is 12.9. The fourth-order valence-electron chi connectivity index (χ4n) is 8.92. The van der Waals surface area contributed by atoms with Gasteiger partial charge in [0.05, 0.1) is 34.3 Å². The Balaban J connectivity index is 1.04. The molecular formula is C54H39N3OS. The molecule has 1 unspecified atom stereocenters. The standard InChI is InChI=1S/C54H39N3OS/c1-34-12-4-3-5-14-40-30-50-48(31-53(40)59-34)46-16-8-10-18-49(46)57(50)43-28-38(33-56)27-42(29-43)41-25-36(24-37(26-41)32-55)20-21-39-13-6-7-15-45(39)44-22-23-52-54(35(44)2)47-17-9-11-19-51(47)58-52/h3-13,15-19,22-31,34H,14,20-21H2,1-2H3/b5-3-,12-4-. The van der Waals surface area contributed by atoms with Gasteiger partial charge in [-0.3, -0.25) is 0 Å². The number of nitriles is 2. The fourth-order valence-corrected chi connectivity index (χ4v) is 9.97. The molecule has 2 aromatic heterocycles. The van der Waals surface area contributed by atoms with Gasteiger partial charge in [-0.05, 0) is 138 Å².